The summed E-state index contributed by atoms with van der Waals surface area (Å²) in [6.45, 7) is 8.14. The van der Waals surface area contributed by atoms with Crippen molar-refractivity contribution in [1.29, 1.82) is 0 Å². The van der Waals surface area contributed by atoms with Crippen molar-refractivity contribution >= 4 is 11.8 Å². The second-order valence-corrected chi connectivity index (χ2v) is 11.3. The molecule has 0 amide bonds. The van der Waals surface area contributed by atoms with Crippen molar-refractivity contribution < 1.29 is 24.5 Å². The summed E-state index contributed by atoms with van der Waals surface area (Å²) in [5.74, 6) is 0.758. The first-order valence-electron chi connectivity index (χ1n) is 12.1. The Hall–Kier alpha value is -0.940. The molecular weight excluding hydrogens is 380 g/mol. The molecule has 9 unspecified atom stereocenters. The highest BCUT2D eigenvalue weighted by Gasteiger charge is 2.69. The zero-order chi connectivity index (χ0) is 21.9. The summed E-state index contributed by atoms with van der Waals surface area (Å²) in [7, 11) is 0. The van der Waals surface area contributed by atoms with Crippen molar-refractivity contribution in [2.24, 2.45) is 39.9 Å². The number of aliphatic hydroxyl groups excluding tert-OH is 2. The first kappa shape index (κ1) is 22.3. The molecule has 170 valence electrons. The molecule has 0 heterocycles. The summed E-state index contributed by atoms with van der Waals surface area (Å²) >= 11 is 0. The first-order valence-corrected chi connectivity index (χ1v) is 12.1. The molecule has 0 bridgehead atoms. The van der Waals surface area contributed by atoms with Crippen LogP contribution >= 0.6 is 0 Å². The summed E-state index contributed by atoms with van der Waals surface area (Å²) in [5.41, 5.74) is 0.126. The lowest BCUT2D eigenvalue weighted by Gasteiger charge is -2.69. The number of esters is 1. The number of ketones is 1. The van der Waals surface area contributed by atoms with E-state index in [-0.39, 0.29) is 58.6 Å². The normalized spacial score (nSPS) is 50.2. The van der Waals surface area contributed by atoms with E-state index in [4.69, 9.17) is 4.74 Å². The zero-order valence-corrected chi connectivity index (χ0v) is 19.2. The van der Waals surface area contributed by atoms with Crippen LogP contribution in [0.3, 0.4) is 0 Å². The average Bonchev–Trinajstić information content (AvgIpc) is 3.05. The lowest BCUT2D eigenvalue weighted by atomic mass is 9.36. The maximum absolute atomic E-state index is 12.6. The molecular formula is C25H40O5. The third-order valence-electron chi connectivity index (χ3n) is 10.6. The fourth-order valence-electron chi connectivity index (χ4n) is 9.19. The van der Waals surface area contributed by atoms with Gasteiger partial charge in [-0.15, -0.1) is 0 Å². The van der Waals surface area contributed by atoms with E-state index >= 15 is 0 Å². The second kappa shape index (κ2) is 7.58. The highest BCUT2D eigenvalue weighted by atomic mass is 16.5. The van der Waals surface area contributed by atoms with Gasteiger partial charge in [0.2, 0.25) is 0 Å². The fraction of sp³-hybridized carbons (Fsp3) is 0.920. The Morgan fingerprint density at radius 2 is 1.73 bits per heavy atom. The number of rotatable bonds is 4. The molecule has 4 aliphatic carbocycles. The summed E-state index contributed by atoms with van der Waals surface area (Å²) in [5, 5.41) is 20.0. The molecule has 4 rings (SSSR count). The lowest BCUT2D eigenvalue weighted by Crippen LogP contribution is -2.65. The fourth-order valence-corrected chi connectivity index (χ4v) is 9.19. The average molecular weight is 421 g/mol. The Kier molecular flexibility index (Phi) is 5.63. The summed E-state index contributed by atoms with van der Waals surface area (Å²) < 4.78 is 5.93. The van der Waals surface area contributed by atoms with Gasteiger partial charge in [0.25, 0.3) is 0 Å². The van der Waals surface area contributed by atoms with E-state index < -0.39 is 0 Å². The molecule has 0 aromatic rings. The van der Waals surface area contributed by atoms with E-state index in [1.165, 1.54) is 6.92 Å². The number of carbonyl (C=O) groups is 2. The van der Waals surface area contributed by atoms with Gasteiger partial charge in [-0.05, 0) is 85.9 Å². The molecule has 5 heteroatoms. The Balaban J connectivity index is 1.76. The van der Waals surface area contributed by atoms with Gasteiger partial charge in [0, 0.05) is 18.8 Å². The molecule has 0 spiro atoms. The number of carbonyl (C=O) groups excluding carboxylic acids is 2. The van der Waals surface area contributed by atoms with E-state index in [2.05, 4.69) is 20.8 Å². The Labute approximate surface area is 180 Å². The number of aliphatic hydroxyl groups is 2. The highest BCUT2D eigenvalue weighted by molar-refractivity contribution is 5.83. The topological polar surface area (TPSA) is 83.8 Å². The molecule has 0 aliphatic heterocycles. The number of fused-ring (bicyclic) bond motifs is 5. The van der Waals surface area contributed by atoms with Crippen LogP contribution < -0.4 is 0 Å². The Bertz CT molecular complexity index is 706. The number of hydrogen-bond acceptors (Lipinski definition) is 5. The van der Waals surface area contributed by atoms with Crippen LogP contribution in [0.5, 0.6) is 0 Å². The standard InChI is InChI=1S/C25H40O5/c1-5-25-11-10-23(3)17(6-7-18(23)21(29)14-26)19(25)13-22(30-15(2)27)20-12-16(28)8-9-24(20,25)4/h16-20,22,26,28H,5-14H2,1-4H3. The quantitative estimate of drug-likeness (QED) is 0.674. The zero-order valence-electron chi connectivity index (χ0n) is 19.2. The van der Waals surface area contributed by atoms with Crippen LogP contribution in [0.1, 0.15) is 85.5 Å². The molecule has 9 atom stereocenters. The van der Waals surface area contributed by atoms with Crippen LogP contribution in [0, 0.1) is 39.9 Å². The van der Waals surface area contributed by atoms with Crippen LogP contribution in [0.15, 0.2) is 0 Å². The van der Waals surface area contributed by atoms with Crippen molar-refractivity contribution in [3.63, 3.8) is 0 Å². The number of Topliss-reactive ketones (excluding diaryl/α,β-unsaturated/α-hetero) is 1. The predicted octanol–water partition coefficient (Wildman–Crippen LogP) is 3.89. The summed E-state index contributed by atoms with van der Waals surface area (Å²) in [4.78, 5) is 24.6. The van der Waals surface area contributed by atoms with Gasteiger partial charge in [0.15, 0.2) is 5.78 Å². The van der Waals surface area contributed by atoms with E-state index in [1.54, 1.807) is 0 Å². The van der Waals surface area contributed by atoms with Gasteiger partial charge in [0.05, 0.1) is 6.10 Å². The SMILES string of the molecule is CCC12CCC3(C)C(C(=O)CO)CCC3C1CC(OC(C)=O)C1CC(O)CCC12C. The van der Waals surface area contributed by atoms with Crippen molar-refractivity contribution in [3.05, 3.63) is 0 Å². The van der Waals surface area contributed by atoms with E-state index in [0.717, 1.165) is 57.8 Å². The maximum Gasteiger partial charge on any atom is 0.302 e. The first-order chi connectivity index (χ1) is 14.1. The monoisotopic (exact) mass is 420 g/mol. The molecule has 4 saturated carbocycles. The van der Waals surface area contributed by atoms with Crippen molar-refractivity contribution in [2.75, 3.05) is 6.61 Å². The van der Waals surface area contributed by atoms with Crippen LogP contribution in [-0.4, -0.2) is 40.8 Å². The molecule has 4 aliphatic rings. The van der Waals surface area contributed by atoms with Gasteiger partial charge in [-0.1, -0.05) is 20.8 Å². The van der Waals surface area contributed by atoms with Gasteiger partial charge >= 0.3 is 5.97 Å². The van der Waals surface area contributed by atoms with Crippen LogP contribution in [0.2, 0.25) is 0 Å². The summed E-state index contributed by atoms with van der Waals surface area (Å²) in [6, 6.07) is 0. The molecule has 5 nitrogen and oxygen atoms in total. The molecule has 30 heavy (non-hydrogen) atoms. The Morgan fingerprint density at radius 1 is 1.00 bits per heavy atom. The minimum atomic E-state index is -0.357. The molecule has 0 aromatic carbocycles. The number of hydrogen-bond donors (Lipinski definition) is 2. The van der Waals surface area contributed by atoms with Gasteiger partial charge in [-0.2, -0.15) is 0 Å². The van der Waals surface area contributed by atoms with Gasteiger partial charge in [-0.25, -0.2) is 0 Å². The summed E-state index contributed by atoms with van der Waals surface area (Å²) in [6.07, 6.45) is 8.01. The van der Waals surface area contributed by atoms with Crippen molar-refractivity contribution in [3.8, 4) is 0 Å². The minimum Gasteiger partial charge on any atom is -0.462 e. The van der Waals surface area contributed by atoms with E-state index in [9.17, 15) is 19.8 Å². The third kappa shape index (κ3) is 2.94. The van der Waals surface area contributed by atoms with Gasteiger partial charge < -0.3 is 14.9 Å². The Morgan fingerprint density at radius 3 is 2.37 bits per heavy atom. The lowest BCUT2D eigenvalue weighted by molar-refractivity contribution is -0.234. The molecule has 0 radical (unpaired) electrons. The van der Waals surface area contributed by atoms with Crippen LogP contribution in [-0.2, 0) is 14.3 Å². The largest absolute Gasteiger partial charge is 0.462 e. The smallest absolute Gasteiger partial charge is 0.302 e. The van der Waals surface area contributed by atoms with Crippen LogP contribution in [0.25, 0.3) is 0 Å². The van der Waals surface area contributed by atoms with Crippen LogP contribution in [0.4, 0.5) is 0 Å². The minimum absolute atomic E-state index is 0.00113. The molecule has 2 N–H and O–H groups in total. The maximum atomic E-state index is 12.6. The molecule has 0 aromatic heterocycles. The third-order valence-corrected chi connectivity index (χ3v) is 10.6. The van der Waals surface area contributed by atoms with Crippen molar-refractivity contribution in [1.82, 2.24) is 0 Å². The van der Waals surface area contributed by atoms with E-state index in [1.807, 2.05) is 0 Å². The second-order valence-electron chi connectivity index (χ2n) is 11.3. The predicted molar refractivity (Wildman–Crippen MR) is 113 cm³/mol. The molecule has 4 fully saturated rings. The molecule has 0 saturated heterocycles. The number of ether oxygens (including phenoxy) is 1. The van der Waals surface area contributed by atoms with Gasteiger partial charge in [-0.3, -0.25) is 9.59 Å². The van der Waals surface area contributed by atoms with Gasteiger partial charge in [0.1, 0.15) is 12.7 Å². The van der Waals surface area contributed by atoms with Crippen molar-refractivity contribution in [2.45, 2.75) is 97.7 Å². The highest BCUT2D eigenvalue weighted by Crippen LogP contribution is 2.74. The van der Waals surface area contributed by atoms with E-state index in [0.29, 0.717) is 11.8 Å².